The van der Waals surface area contributed by atoms with Crippen LogP contribution < -0.4 is 15.8 Å². The van der Waals surface area contributed by atoms with E-state index in [1.165, 1.54) is 11.8 Å². The number of nitrogens with one attached hydrogen (secondary N) is 1. The number of benzene rings is 2. The van der Waals surface area contributed by atoms with Gasteiger partial charge in [-0.2, -0.15) is 0 Å². The van der Waals surface area contributed by atoms with Gasteiger partial charge in [0.15, 0.2) is 0 Å². The summed E-state index contributed by atoms with van der Waals surface area (Å²) in [5.41, 5.74) is 9.68. The van der Waals surface area contributed by atoms with Gasteiger partial charge in [0, 0.05) is 17.7 Å². The van der Waals surface area contributed by atoms with Gasteiger partial charge in [-0.15, -0.1) is 0 Å². The minimum absolute atomic E-state index is 0.0139. The van der Waals surface area contributed by atoms with Crippen molar-refractivity contribution in [2.45, 2.75) is 30.2 Å². The summed E-state index contributed by atoms with van der Waals surface area (Å²) in [6, 6.07) is 17.8. The van der Waals surface area contributed by atoms with Gasteiger partial charge in [-0.1, -0.05) is 54.2 Å². The van der Waals surface area contributed by atoms with Crippen LogP contribution in [0.4, 0.5) is 5.95 Å². The molecular formula is C22H22N4O2S. The maximum absolute atomic E-state index is 12.3. The number of nitrogens with two attached hydrogens (primary N) is 1. The van der Waals surface area contributed by atoms with Crippen LogP contribution in [0.3, 0.4) is 0 Å². The zero-order valence-electron chi connectivity index (χ0n) is 16.1. The van der Waals surface area contributed by atoms with E-state index in [1.807, 2.05) is 61.5 Å². The number of carbonyl (C=O) groups excluding carboxylic acids is 1. The molecule has 0 fully saturated rings. The van der Waals surface area contributed by atoms with Gasteiger partial charge in [-0.25, -0.2) is 9.97 Å². The molecule has 2 aromatic carbocycles. The number of anilines is 1. The van der Waals surface area contributed by atoms with E-state index in [0.29, 0.717) is 19.6 Å². The van der Waals surface area contributed by atoms with Crippen molar-refractivity contribution >= 4 is 23.6 Å². The van der Waals surface area contributed by atoms with Gasteiger partial charge in [-0.05, 0) is 31.0 Å². The van der Waals surface area contributed by atoms with Gasteiger partial charge in [0.05, 0.1) is 10.9 Å². The summed E-state index contributed by atoms with van der Waals surface area (Å²) >= 11 is 1.44. The Labute approximate surface area is 173 Å². The van der Waals surface area contributed by atoms with Crippen molar-refractivity contribution < 1.29 is 9.53 Å². The lowest BCUT2D eigenvalue weighted by atomic mass is 10.0. The molecule has 1 aliphatic heterocycles. The van der Waals surface area contributed by atoms with Crippen LogP contribution in [-0.2, 0) is 17.8 Å². The number of hydrogen-bond acceptors (Lipinski definition) is 6. The maximum Gasteiger partial charge on any atom is 0.233 e. The molecular weight excluding hydrogens is 384 g/mol. The van der Waals surface area contributed by atoms with Gasteiger partial charge in [0.25, 0.3) is 0 Å². The number of carbonyl (C=O) groups is 1. The molecule has 0 spiro atoms. The number of hydrogen-bond donors (Lipinski definition) is 2. The lowest BCUT2D eigenvalue weighted by Gasteiger charge is -2.11. The predicted octanol–water partition coefficient (Wildman–Crippen LogP) is 3.46. The van der Waals surface area contributed by atoms with Crippen LogP contribution in [-0.4, -0.2) is 27.7 Å². The summed E-state index contributed by atoms with van der Waals surface area (Å²) in [5.74, 6) is 0.974. The fraction of sp³-hybridized carbons (Fsp3) is 0.227. The smallest absolute Gasteiger partial charge is 0.233 e. The molecule has 7 heteroatoms. The maximum atomic E-state index is 12.3. The van der Waals surface area contributed by atoms with Crippen LogP contribution in [0.25, 0.3) is 11.3 Å². The van der Waals surface area contributed by atoms with Crippen molar-refractivity contribution in [3.8, 4) is 17.0 Å². The molecule has 2 heterocycles. The molecule has 0 bridgehead atoms. The third kappa shape index (κ3) is 4.35. The quantitative estimate of drug-likeness (QED) is 0.610. The highest BCUT2D eigenvalue weighted by Gasteiger charge is 2.32. The topological polar surface area (TPSA) is 90.1 Å². The van der Waals surface area contributed by atoms with Gasteiger partial charge >= 0.3 is 0 Å². The molecule has 1 aliphatic rings. The highest BCUT2D eigenvalue weighted by molar-refractivity contribution is 8.00. The van der Waals surface area contributed by atoms with E-state index >= 15 is 0 Å². The molecule has 4 rings (SSSR count). The Morgan fingerprint density at radius 1 is 1.21 bits per heavy atom. The minimum atomic E-state index is -0.211. The SMILES string of the molecule is CCNC(=O)C1Cc2c(nc(N)nc2-c2cccc(OCc3ccccc3)c2)S1. The molecule has 0 saturated heterocycles. The Balaban J connectivity index is 1.59. The highest BCUT2D eigenvalue weighted by atomic mass is 32.2. The monoisotopic (exact) mass is 406 g/mol. The molecule has 148 valence electrons. The predicted molar refractivity (Wildman–Crippen MR) is 115 cm³/mol. The van der Waals surface area contributed by atoms with Crippen molar-refractivity contribution in [1.29, 1.82) is 0 Å². The van der Waals surface area contributed by atoms with E-state index in [1.54, 1.807) is 0 Å². The van der Waals surface area contributed by atoms with E-state index in [4.69, 9.17) is 10.5 Å². The first-order valence-electron chi connectivity index (χ1n) is 9.52. The lowest BCUT2D eigenvalue weighted by molar-refractivity contribution is -0.120. The second kappa shape index (κ2) is 8.53. The fourth-order valence-corrected chi connectivity index (χ4v) is 4.45. The van der Waals surface area contributed by atoms with Crippen LogP contribution >= 0.6 is 11.8 Å². The normalized spacial score (nSPS) is 15.0. The molecule has 1 unspecified atom stereocenters. The van der Waals surface area contributed by atoms with Crippen LogP contribution in [0, 0.1) is 0 Å². The van der Waals surface area contributed by atoms with Crippen molar-refractivity contribution in [2.24, 2.45) is 0 Å². The number of amides is 1. The summed E-state index contributed by atoms with van der Waals surface area (Å²) in [6.07, 6.45) is 0.580. The van der Waals surface area contributed by atoms with Crippen LogP contribution in [0.1, 0.15) is 18.1 Å². The Kier molecular flexibility index (Phi) is 5.67. The first kappa shape index (κ1) is 19.3. The zero-order chi connectivity index (χ0) is 20.2. The van der Waals surface area contributed by atoms with Crippen LogP contribution in [0.2, 0.25) is 0 Å². The Hall–Kier alpha value is -3.06. The lowest BCUT2D eigenvalue weighted by Crippen LogP contribution is -2.32. The van der Waals surface area contributed by atoms with E-state index in [9.17, 15) is 4.79 Å². The Bertz CT molecular complexity index is 1030. The second-order valence-corrected chi connectivity index (χ2v) is 7.91. The van der Waals surface area contributed by atoms with Crippen molar-refractivity contribution in [2.75, 3.05) is 12.3 Å². The van der Waals surface area contributed by atoms with E-state index in [-0.39, 0.29) is 17.1 Å². The first-order valence-corrected chi connectivity index (χ1v) is 10.4. The average Bonchev–Trinajstić information content (AvgIpc) is 3.17. The zero-order valence-corrected chi connectivity index (χ0v) is 16.9. The number of nitrogens with zero attached hydrogens (tertiary/aromatic N) is 2. The molecule has 3 N–H and O–H groups in total. The average molecular weight is 407 g/mol. The minimum Gasteiger partial charge on any atom is -0.489 e. The number of fused-ring (bicyclic) bond motifs is 1. The summed E-state index contributed by atoms with van der Waals surface area (Å²) in [5, 5.41) is 3.44. The van der Waals surface area contributed by atoms with Gasteiger partial charge in [0.2, 0.25) is 11.9 Å². The summed E-state index contributed by atoms with van der Waals surface area (Å²) in [4.78, 5) is 21.1. The van der Waals surface area contributed by atoms with Gasteiger partial charge < -0.3 is 15.8 Å². The number of thioether (sulfide) groups is 1. The number of ether oxygens (including phenoxy) is 1. The second-order valence-electron chi connectivity index (χ2n) is 6.72. The van der Waals surface area contributed by atoms with Gasteiger partial charge in [-0.3, -0.25) is 4.79 Å². The van der Waals surface area contributed by atoms with E-state index in [0.717, 1.165) is 33.2 Å². The summed E-state index contributed by atoms with van der Waals surface area (Å²) < 4.78 is 5.95. The number of rotatable bonds is 6. The first-order chi connectivity index (χ1) is 14.1. The Morgan fingerprint density at radius 2 is 2.03 bits per heavy atom. The van der Waals surface area contributed by atoms with Crippen LogP contribution in [0.5, 0.6) is 5.75 Å². The molecule has 0 saturated carbocycles. The molecule has 6 nitrogen and oxygen atoms in total. The molecule has 3 aromatic rings. The van der Waals surface area contributed by atoms with E-state index < -0.39 is 0 Å². The molecule has 1 amide bonds. The highest BCUT2D eigenvalue weighted by Crippen LogP contribution is 2.41. The number of aromatic nitrogens is 2. The molecule has 0 radical (unpaired) electrons. The van der Waals surface area contributed by atoms with Crippen molar-refractivity contribution in [3.05, 3.63) is 65.7 Å². The van der Waals surface area contributed by atoms with Gasteiger partial charge in [0.1, 0.15) is 17.4 Å². The summed E-state index contributed by atoms with van der Waals surface area (Å²) in [7, 11) is 0. The third-order valence-electron chi connectivity index (χ3n) is 4.63. The van der Waals surface area contributed by atoms with Crippen molar-refractivity contribution in [1.82, 2.24) is 15.3 Å². The number of nitrogen functional groups attached to an aromatic ring is 1. The Morgan fingerprint density at radius 3 is 2.83 bits per heavy atom. The van der Waals surface area contributed by atoms with Crippen LogP contribution in [0.15, 0.2) is 59.6 Å². The largest absolute Gasteiger partial charge is 0.489 e. The van der Waals surface area contributed by atoms with E-state index in [2.05, 4.69) is 15.3 Å². The molecule has 1 atom stereocenters. The van der Waals surface area contributed by atoms with Crippen molar-refractivity contribution in [3.63, 3.8) is 0 Å². The molecule has 1 aromatic heterocycles. The molecule has 0 aliphatic carbocycles. The summed E-state index contributed by atoms with van der Waals surface area (Å²) in [6.45, 7) is 3.01. The molecule has 29 heavy (non-hydrogen) atoms. The standard InChI is InChI=1S/C22H22N4O2S/c1-2-24-20(27)18-12-17-19(25-22(23)26-21(17)29-18)15-9-6-10-16(11-15)28-13-14-7-4-3-5-8-14/h3-11,18H,2,12-13H2,1H3,(H,24,27)(H2,23,25,26). The third-order valence-corrected chi connectivity index (χ3v) is 5.86. The fourth-order valence-electron chi connectivity index (χ4n) is 3.27.